The monoisotopic (exact) mass is 338 g/mol. The molecular formula is C18H15ClN4O. The van der Waals surface area contributed by atoms with Crippen molar-refractivity contribution in [2.45, 2.75) is 0 Å². The fourth-order valence-corrected chi connectivity index (χ4v) is 2.23. The fraction of sp³-hybridized carbons (Fsp3) is 0.0556. The molecule has 120 valence electrons. The van der Waals surface area contributed by atoms with Gasteiger partial charge in [-0.3, -0.25) is 9.78 Å². The Labute approximate surface area is 144 Å². The van der Waals surface area contributed by atoms with Gasteiger partial charge in [-0.1, -0.05) is 23.7 Å². The van der Waals surface area contributed by atoms with Crippen LogP contribution in [0.4, 0.5) is 5.69 Å². The molecule has 0 fully saturated rings. The Morgan fingerprint density at radius 2 is 1.88 bits per heavy atom. The Morgan fingerprint density at radius 3 is 2.58 bits per heavy atom. The second-order valence-corrected chi connectivity index (χ2v) is 5.57. The molecule has 0 aliphatic rings. The minimum atomic E-state index is -0.140. The quantitative estimate of drug-likeness (QED) is 0.683. The lowest BCUT2D eigenvalue weighted by Crippen LogP contribution is -2.23. The van der Waals surface area contributed by atoms with Crippen LogP contribution in [0.15, 0.2) is 67.3 Å². The predicted molar refractivity (Wildman–Crippen MR) is 95.3 cm³/mol. The SMILES string of the molecule is CN(C(=O)C=Cc1ccc(Cl)cc1)c1cnn(-c2ccncc2)c1. The third kappa shape index (κ3) is 3.70. The van der Waals surface area contributed by atoms with Crippen LogP contribution in [-0.2, 0) is 4.79 Å². The van der Waals surface area contributed by atoms with Crippen molar-refractivity contribution in [2.24, 2.45) is 0 Å². The van der Waals surface area contributed by atoms with Crippen LogP contribution in [-0.4, -0.2) is 27.7 Å². The van der Waals surface area contributed by atoms with Crippen LogP contribution in [0, 0.1) is 0 Å². The van der Waals surface area contributed by atoms with E-state index < -0.39 is 0 Å². The van der Waals surface area contributed by atoms with Gasteiger partial charge in [-0.25, -0.2) is 4.68 Å². The number of benzene rings is 1. The third-order valence-corrected chi connectivity index (χ3v) is 3.75. The van der Waals surface area contributed by atoms with Gasteiger partial charge >= 0.3 is 0 Å². The molecule has 0 aliphatic heterocycles. The number of nitrogens with zero attached hydrogens (tertiary/aromatic N) is 4. The Morgan fingerprint density at radius 1 is 1.17 bits per heavy atom. The molecule has 1 aromatic carbocycles. The largest absolute Gasteiger partial charge is 0.309 e. The van der Waals surface area contributed by atoms with Gasteiger partial charge in [-0.05, 0) is 35.9 Å². The molecule has 0 spiro atoms. The molecule has 1 amide bonds. The summed E-state index contributed by atoms with van der Waals surface area (Å²) >= 11 is 5.85. The van der Waals surface area contributed by atoms with Crippen molar-refractivity contribution < 1.29 is 4.79 Å². The highest BCUT2D eigenvalue weighted by Gasteiger charge is 2.10. The van der Waals surface area contributed by atoms with Gasteiger partial charge in [0.1, 0.15) is 0 Å². The number of pyridine rings is 1. The molecule has 0 atom stereocenters. The maximum absolute atomic E-state index is 12.3. The highest BCUT2D eigenvalue weighted by atomic mass is 35.5. The number of carbonyl (C=O) groups excluding carboxylic acids is 1. The first-order valence-corrected chi connectivity index (χ1v) is 7.68. The summed E-state index contributed by atoms with van der Waals surface area (Å²) in [5.41, 5.74) is 2.50. The topological polar surface area (TPSA) is 51.0 Å². The average Bonchev–Trinajstić information content (AvgIpc) is 3.11. The zero-order valence-electron chi connectivity index (χ0n) is 13.0. The fourth-order valence-electron chi connectivity index (χ4n) is 2.10. The maximum Gasteiger partial charge on any atom is 0.250 e. The van der Waals surface area contributed by atoms with Crippen LogP contribution in [0.25, 0.3) is 11.8 Å². The number of hydrogen-bond donors (Lipinski definition) is 0. The van der Waals surface area contributed by atoms with Crippen molar-refractivity contribution in [1.29, 1.82) is 0 Å². The number of aromatic nitrogens is 3. The Kier molecular flexibility index (Phi) is 4.72. The summed E-state index contributed by atoms with van der Waals surface area (Å²) in [6.45, 7) is 0. The molecule has 0 saturated carbocycles. The molecule has 5 nitrogen and oxygen atoms in total. The van der Waals surface area contributed by atoms with Crippen LogP contribution >= 0.6 is 11.6 Å². The normalized spacial score (nSPS) is 10.9. The number of amides is 1. The van der Waals surface area contributed by atoms with E-state index in [4.69, 9.17) is 11.6 Å². The molecule has 2 aromatic heterocycles. The standard InChI is InChI=1S/C18H15ClN4O/c1-22(18(24)7-4-14-2-5-15(19)6-3-14)17-12-21-23(13-17)16-8-10-20-11-9-16/h2-13H,1H3. The van der Waals surface area contributed by atoms with E-state index in [2.05, 4.69) is 10.1 Å². The van der Waals surface area contributed by atoms with Crippen LogP contribution < -0.4 is 4.90 Å². The molecular weight excluding hydrogens is 324 g/mol. The number of carbonyl (C=O) groups is 1. The second kappa shape index (κ2) is 7.10. The lowest BCUT2D eigenvalue weighted by Gasteiger charge is -2.12. The average molecular weight is 339 g/mol. The number of rotatable bonds is 4. The summed E-state index contributed by atoms with van der Waals surface area (Å²) in [7, 11) is 1.71. The minimum Gasteiger partial charge on any atom is -0.309 e. The molecule has 0 unspecified atom stereocenters. The van der Waals surface area contributed by atoms with Crippen LogP contribution in [0.1, 0.15) is 5.56 Å². The molecule has 2 heterocycles. The van der Waals surface area contributed by atoms with Crippen molar-refractivity contribution in [1.82, 2.24) is 14.8 Å². The van der Waals surface area contributed by atoms with E-state index in [-0.39, 0.29) is 5.91 Å². The number of halogens is 1. The first-order valence-electron chi connectivity index (χ1n) is 7.30. The molecule has 0 saturated heterocycles. The van der Waals surface area contributed by atoms with Gasteiger partial charge in [-0.15, -0.1) is 0 Å². The second-order valence-electron chi connectivity index (χ2n) is 5.13. The minimum absolute atomic E-state index is 0.140. The highest BCUT2D eigenvalue weighted by molar-refractivity contribution is 6.30. The van der Waals surface area contributed by atoms with Crippen molar-refractivity contribution in [3.05, 3.63) is 77.8 Å². The predicted octanol–water partition coefficient (Wildman–Crippen LogP) is 3.60. The summed E-state index contributed by atoms with van der Waals surface area (Å²) in [5.74, 6) is -0.140. The zero-order valence-corrected chi connectivity index (χ0v) is 13.8. The van der Waals surface area contributed by atoms with Crippen LogP contribution in [0.5, 0.6) is 0 Å². The van der Waals surface area contributed by atoms with Gasteiger partial charge in [0.15, 0.2) is 0 Å². The number of likely N-dealkylation sites (N-methyl/N-ethyl adjacent to an activating group) is 1. The van der Waals surface area contributed by atoms with E-state index in [1.165, 1.54) is 11.0 Å². The summed E-state index contributed by atoms with van der Waals surface area (Å²) in [6, 6.07) is 11.0. The number of anilines is 1. The smallest absolute Gasteiger partial charge is 0.250 e. The van der Waals surface area contributed by atoms with Gasteiger partial charge < -0.3 is 4.90 Å². The van der Waals surface area contributed by atoms with E-state index >= 15 is 0 Å². The first-order chi connectivity index (χ1) is 11.6. The van der Waals surface area contributed by atoms with Crippen molar-refractivity contribution in [3.8, 4) is 5.69 Å². The molecule has 6 heteroatoms. The van der Waals surface area contributed by atoms with E-state index in [1.54, 1.807) is 54.7 Å². The number of hydrogen-bond acceptors (Lipinski definition) is 3. The van der Waals surface area contributed by atoms with Gasteiger partial charge in [0.2, 0.25) is 0 Å². The molecule has 0 N–H and O–H groups in total. The summed E-state index contributed by atoms with van der Waals surface area (Å²) in [6.07, 6.45) is 10.1. The Bertz CT molecular complexity index is 856. The van der Waals surface area contributed by atoms with Gasteiger partial charge in [0, 0.05) is 30.5 Å². The molecule has 3 rings (SSSR count). The van der Waals surface area contributed by atoms with Gasteiger partial charge in [-0.2, -0.15) is 5.10 Å². The van der Waals surface area contributed by atoms with Gasteiger partial charge in [0.25, 0.3) is 5.91 Å². The van der Waals surface area contributed by atoms with E-state index in [1.807, 2.05) is 24.3 Å². The lowest BCUT2D eigenvalue weighted by molar-refractivity contribution is -0.113. The van der Waals surface area contributed by atoms with Crippen molar-refractivity contribution in [2.75, 3.05) is 11.9 Å². The third-order valence-electron chi connectivity index (χ3n) is 3.50. The van der Waals surface area contributed by atoms with Crippen LogP contribution in [0.2, 0.25) is 5.02 Å². The molecule has 24 heavy (non-hydrogen) atoms. The molecule has 0 radical (unpaired) electrons. The summed E-state index contributed by atoms with van der Waals surface area (Å²) < 4.78 is 1.70. The Balaban J connectivity index is 1.72. The van der Waals surface area contributed by atoms with Crippen molar-refractivity contribution >= 4 is 29.3 Å². The highest BCUT2D eigenvalue weighted by Crippen LogP contribution is 2.15. The molecule has 0 bridgehead atoms. The lowest BCUT2D eigenvalue weighted by atomic mass is 10.2. The summed E-state index contributed by atoms with van der Waals surface area (Å²) in [5, 5.41) is 4.94. The van der Waals surface area contributed by atoms with Crippen LogP contribution in [0.3, 0.4) is 0 Å². The zero-order chi connectivity index (χ0) is 16.9. The Hall–Kier alpha value is -2.92. The van der Waals surface area contributed by atoms with E-state index in [9.17, 15) is 4.79 Å². The van der Waals surface area contributed by atoms with E-state index in [0.717, 1.165) is 11.3 Å². The maximum atomic E-state index is 12.3. The first kappa shape index (κ1) is 16.0. The summed E-state index contributed by atoms with van der Waals surface area (Å²) in [4.78, 5) is 17.8. The van der Waals surface area contributed by atoms with Crippen molar-refractivity contribution in [3.63, 3.8) is 0 Å². The van der Waals surface area contributed by atoms with E-state index in [0.29, 0.717) is 10.7 Å². The molecule has 3 aromatic rings. The molecule has 0 aliphatic carbocycles. The van der Waals surface area contributed by atoms with Gasteiger partial charge in [0.05, 0.1) is 23.8 Å².